The molecule has 2 aliphatic heterocycles. The van der Waals surface area contributed by atoms with Crippen LogP contribution in [-0.2, 0) is 4.79 Å². The molecular formula is C21H31FN2O2. The Morgan fingerprint density at radius 1 is 1.31 bits per heavy atom. The summed E-state index contributed by atoms with van der Waals surface area (Å²) in [5, 5.41) is 0. The summed E-state index contributed by atoms with van der Waals surface area (Å²) in [7, 11) is 0. The van der Waals surface area contributed by atoms with Crippen molar-refractivity contribution >= 4 is 11.6 Å². The summed E-state index contributed by atoms with van der Waals surface area (Å²) in [5.41, 5.74) is 0.688. The van der Waals surface area contributed by atoms with Crippen LogP contribution in [0.3, 0.4) is 0 Å². The Hall–Kier alpha value is -1.62. The predicted molar refractivity (Wildman–Crippen MR) is 102 cm³/mol. The van der Waals surface area contributed by atoms with E-state index in [0.717, 1.165) is 18.9 Å². The number of anilines is 1. The van der Waals surface area contributed by atoms with Gasteiger partial charge in [-0.15, -0.1) is 0 Å². The maximum absolute atomic E-state index is 13.4. The number of halogens is 1. The number of carbonyl (C=O) groups excluding carboxylic acids is 1. The predicted octanol–water partition coefficient (Wildman–Crippen LogP) is 4.23. The highest BCUT2D eigenvalue weighted by Gasteiger charge is 2.30. The van der Waals surface area contributed by atoms with Gasteiger partial charge < -0.3 is 14.5 Å². The zero-order valence-electron chi connectivity index (χ0n) is 16.0. The Balaban J connectivity index is 1.53. The lowest BCUT2D eigenvalue weighted by Crippen LogP contribution is -2.46. The first-order valence-electron chi connectivity index (χ1n) is 10.0. The van der Waals surface area contributed by atoms with Crippen molar-refractivity contribution in [3.8, 4) is 5.75 Å². The number of carbonyl (C=O) groups is 1. The quantitative estimate of drug-likeness (QED) is 0.728. The highest BCUT2D eigenvalue weighted by Crippen LogP contribution is 2.34. The number of fused-ring (bicyclic) bond motifs is 1. The summed E-state index contributed by atoms with van der Waals surface area (Å²) in [5.74, 6) is 0.978. The lowest BCUT2D eigenvalue weighted by atomic mass is 9.91. The lowest BCUT2D eigenvalue weighted by molar-refractivity contribution is -0.121. The molecule has 5 heteroatoms. The molecule has 2 heterocycles. The van der Waals surface area contributed by atoms with E-state index in [1.807, 2.05) is 0 Å². The van der Waals surface area contributed by atoms with Gasteiger partial charge in [0.05, 0.1) is 5.69 Å². The topological polar surface area (TPSA) is 32.8 Å². The molecule has 0 spiro atoms. The van der Waals surface area contributed by atoms with Gasteiger partial charge in [0.25, 0.3) is 5.91 Å². The molecule has 1 atom stereocenters. The molecule has 1 aromatic carbocycles. The maximum atomic E-state index is 13.4. The van der Waals surface area contributed by atoms with E-state index in [9.17, 15) is 9.18 Å². The highest BCUT2D eigenvalue weighted by atomic mass is 19.1. The van der Waals surface area contributed by atoms with Crippen molar-refractivity contribution in [2.24, 2.45) is 5.92 Å². The molecule has 1 amide bonds. The van der Waals surface area contributed by atoms with Crippen molar-refractivity contribution in [1.29, 1.82) is 0 Å². The zero-order valence-corrected chi connectivity index (χ0v) is 16.0. The van der Waals surface area contributed by atoms with Crippen LogP contribution < -0.4 is 9.64 Å². The van der Waals surface area contributed by atoms with Crippen LogP contribution in [0.4, 0.5) is 10.1 Å². The Morgan fingerprint density at radius 3 is 2.81 bits per heavy atom. The molecule has 3 rings (SSSR count). The van der Waals surface area contributed by atoms with E-state index < -0.39 is 0 Å². The van der Waals surface area contributed by atoms with Crippen molar-refractivity contribution in [3.05, 3.63) is 24.0 Å². The average Bonchev–Trinajstić information content (AvgIpc) is 2.65. The molecule has 4 nitrogen and oxygen atoms in total. The van der Waals surface area contributed by atoms with Gasteiger partial charge in [0.2, 0.25) is 0 Å². The van der Waals surface area contributed by atoms with E-state index in [4.69, 9.17) is 4.74 Å². The van der Waals surface area contributed by atoms with Gasteiger partial charge in [-0.1, -0.05) is 26.2 Å². The summed E-state index contributed by atoms with van der Waals surface area (Å²) in [6.07, 6.45) is 7.52. The van der Waals surface area contributed by atoms with Gasteiger partial charge in [0.15, 0.2) is 6.61 Å². The minimum Gasteiger partial charge on any atom is -0.481 e. The molecule has 26 heavy (non-hydrogen) atoms. The van der Waals surface area contributed by atoms with Crippen molar-refractivity contribution < 1.29 is 13.9 Å². The van der Waals surface area contributed by atoms with E-state index in [-0.39, 0.29) is 24.4 Å². The van der Waals surface area contributed by atoms with Crippen molar-refractivity contribution in [2.75, 3.05) is 31.1 Å². The normalized spacial score (nSPS) is 20.0. The molecule has 1 aromatic rings. The van der Waals surface area contributed by atoms with Crippen molar-refractivity contribution in [2.45, 2.75) is 58.4 Å². The Bertz CT molecular complexity index is 614. The van der Waals surface area contributed by atoms with Crippen molar-refractivity contribution in [3.63, 3.8) is 0 Å². The minimum absolute atomic E-state index is 0.0103. The number of amides is 1. The molecule has 0 aromatic heterocycles. The van der Waals surface area contributed by atoms with E-state index in [2.05, 4.69) is 18.7 Å². The van der Waals surface area contributed by atoms with Crippen molar-refractivity contribution in [1.82, 2.24) is 4.90 Å². The van der Waals surface area contributed by atoms with E-state index in [1.165, 1.54) is 57.3 Å². The van der Waals surface area contributed by atoms with Gasteiger partial charge in [0, 0.05) is 18.7 Å². The molecule has 0 radical (unpaired) electrons. The fraction of sp³-hybridized carbons (Fsp3) is 0.667. The fourth-order valence-electron chi connectivity index (χ4n) is 4.12. The molecule has 0 N–H and O–H groups in total. The standard InChI is InChI=1S/C21H31FN2O2/c1-3-4-5-17-9-12-23(13-10-17)11-8-16(2)24-19-7-6-18(22)14-20(19)26-15-21(24)25/h6-7,14,16-17H,3-5,8-13,15H2,1-2H3/t16-/m1/s1. The van der Waals surface area contributed by atoms with Crippen LogP contribution >= 0.6 is 0 Å². The van der Waals surface area contributed by atoms with Crippen LogP contribution in [0.15, 0.2) is 18.2 Å². The second-order valence-electron chi connectivity index (χ2n) is 7.73. The summed E-state index contributed by atoms with van der Waals surface area (Å²) < 4.78 is 18.8. The fourth-order valence-corrected chi connectivity index (χ4v) is 4.12. The van der Waals surface area contributed by atoms with Crippen LogP contribution in [0.1, 0.15) is 52.4 Å². The second kappa shape index (κ2) is 8.85. The zero-order chi connectivity index (χ0) is 18.5. The molecule has 0 unspecified atom stereocenters. The number of hydrogen-bond donors (Lipinski definition) is 0. The molecule has 144 valence electrons. The van der Waals surface area contributed by atoms with Gasteiger partial charge in [-0.05, 0) is 57.3 Å². The first-order valence-corrected chi connectivity index (χ1v) is 10.0. The molecule has 0 bridgehead atoms. The average molecular weight is 362 g/mol. The van der Waals surface area contributed by atoms with Gasteiger partial charge in [-0.25, -0.2) is 4.39 Å². The summed E-state index contributed by atoms with van der Waals surface area (Å²) in [4.78, 5) is 16.7. The molecule has 0 aliphatic carbocycles. The number of nitrogens with zero attached hydrogens (tertiary/aromatic N) is 2. The first kappa shape index (κ1) is 19.2. The number of ether oxygens (including phenoxy) is 1. The number of piperidine rings is 1. The monoisotopic (exact) mass is 362 g/mol. The summed E-state index contributed by atoms with van der Waals surface area (Å²) in [6.45, 7) is 7.66. The smallest absolute Gasteiger partial charge is 0.265 e. The van der Waals surface area contributed by atoms with Crippen LogP contribution in [0.5, 0.6) is 5.75 Å². The highest BCUT2D eigenvalue weighted by molar-refractivity contribution is 5.98. The molecule has 0 saturated carbocycles. The molecule has 1 saturated heterocycles. The number of unbranched alkanes of at least 4 members (excludes halogenated alkanes) is 1. The Labute approximate surface area is 156 Å². The van der Waals surface area contributed by atoms with Crippen LogP contribution in [-0.4, -0.2) is 43.1 Å². The van der Waals surface area contributed by atoms with E-state index in [0.29, 0.717) is 11.4 Å². The van der Waals surface area contributed by atoms with Gasteiger partial charge >= 0.3 is 0 Å². The minimum atomic E-state index is -0.336. The number of likely N-dealkylation sites (tertiary alicyclic amines) is 1. The van der Waals surface area contributed by atoms with E-state index >= 15 is 0 Å². The van der Waals surface area contributed by atoms with Gasteiger partial charge in [-0.2, -0.15) is 0 Å². The van der Waals surface area contributed by atoms with Gasteiger partial charge in [-0.3, -0.25) is 4.79 Å². The van der Waals surface area contributed by atoms with Gasteiger partial charge in [0.1, 0.15) is 11.6 Å². The SMILES string of the molecule is CCCCC1CCN(CC[C@@H](C)N2C(=O)COc3cc(F)ccc32)CC1. The number of benzene rings is 1. The summed E-state index contributed by atoms with van der Waals surface area (Å²) in [6, 6.07) is 4.48. The third-order valence-electron chi connectivity index (χ3n) is 5.78. The molecular weight excluding hydrogens is 331 g/mol. The van der Waals surface area contributed by atoms with Crippen LogP contribution in [0.2, 0.25) is 0 Å². The summed E-state index contributed by atoms with van der Waals surface area (Å²) >= 11 is 0. The maximum Gasteiger partial charge on any atom is 0.265 e. The number of rotatable bonds is 7. The first-order chi connectivity index (χ1) is 12.6. The third kappa shape index (κ3) is 4.56. The molecule has 1 fully saturated rings. The largest absolute Gasteiger partial charge is 0.481 e. The second-order valence-corrected chi connectivity index (χ2v) is 7.73. The van der Waals surface area contributed by atoms with Crippen LogP contribution in [0, 0.1) is 11.7 Å². The Kier molecular flexibility index (Phi) is 6.52. The number of hydrogen-bond acceptors (Lipinski definition) is 3. The Morgan fingerprint density at radius 2 is 2.08 bits per heavy atom. The lowest BCUT2D eigenvalue weighted by Gasteiger charge is -2.36. The third-order valence-corrected chi connectivity index (χ3v) is 5.78. The molecule has 2 aliphatic rings. The van der Waals surface area contributed by atoms with E-state index in [1.54, 1.807) is 11.0 Å². The van der Waals surface area contributed by atoms with Crippen LogP contribution in [0.25, 0.3) is 0 Å².